The average molecular weight is 1480 g/mol. The number of carbonyl (C=O) groups excluding carboxylic acids is 3. The Morgan fingerprint density at radius 1 is 0.554 bits per heavy atom. The summed E-state index contributed by atoms with van der Waals surface area (Å²) in [5.74, 6) is 23.5. The van der Waals surface area contributed by atoms with Gasteiger partial charge in [-0.2, -0.15) is 0 Å². The maximum absolute atomic E-state index is 14.6. The molecule has 3 aromatic rings. The topological polar surface area (TPSA) is 186 Å². The van der Waals surface area contributed by atoms with Gasteiger partial charge < -0.3 is 36.3 Å². The standard InChI is InChI=1S/C30H40N2O2S.C26H33N3O2.C22H24N2O2S.C4H9Br.CH5N.CH4/c1-4-6-18-32-27(33)30(31-28(32)35-19-7-5-2)26-20-23(11-10-22-8-9-22)12-13-24(26)21-29(30)16-14-25(34-3)15-17-29;1-3-4-15-29-23(30)26(28-24(29)27)22-16-19(8-7-18-5-6-18)9-10-20(22)17-25(26)13-11-21(31-2)12-14-25;1-26-17-8-10-21(11-9-17)13-16-7-6-15(5-4-14-2-3-14)12-18(16)22(21)19(25)23-20(27)24-22;1-2-3-4-5;1-2;/h12-13,20,22,25H,4-9,14-19,21H2,1-3H3;9-10,16,18,21H,3-6,11-15,17H2,1-2H3,(H2,27,28);6-7,12,14,17H,2-3,8-11,13H2,1H3,(H2,23,24,25,27);2-4H2,1H3;2H2,1H3;1H4. The molecule has 6 spiro atoms. The number of rotatable bonds is 14. The molecule has 101 heavy (non-hydrogen) atoms. The Labute approximate surface area is 623 Å². The zero-order chi connectivity index (χ0) is 70.9. The second kappa shape index (κ2) is 34.1. The van der Waals surface area contributed by atoms with Crippen molar-refractivity contribution in [3.8, 4) is 35.5 Å². The maximum Gasteiger partial charge on any atom is 0.262 e. The molecule has 12 aliphatic rings. The summed E-state index contributed by atoms with van der Waals surface area (Å²) in [5.41, 5.74) is 17.9. The summed E-state index contributed by atoms with van der Waals surface area (Å²) >= 11 is 10.5. The van der Waals surface area contributed by atoms with E-state index in [4.69, 9.17) is 42.1 Å². The Morgan fingerprint density at radius 3 is 1.33 bits per heavy atom. The summed E-state index contributed by atoms with van der Waals surface area (Å²) in [7, 11) is 6.89. The fraction of sp³-hybridized carbons (Fsp3) is 0.643. The van der Waals surface area contributed by atoms with Crippen molar-refractivity contribution in [3.05, 3.63) is 105 Å². The number of nitrogens with zero attached hydrogens (tertiary/aromatic N) is 4. The molecule has 0 bridgehead atoms. The quantitative estimate of drug-likeness (QED) is 0.0521. The summed E-state index contributed by atoms with van der Waals surface area (Å²) < 4.78 is 17.0. The van der Waals surface area contributed by atoms with Gasteiger partial charge in [0.1, 0.15) is 0 Å². The first-order valence-corrected chi connectivity index (χ1v) is 40.6. The van der Waals surface area contributed by atoms with Crippen LogP contribution in [0.2, 0.25) is 0 Å². The average Bonchev–Trinajstić information content (AvgIpc) is 1.55. The molecule has 6 saturated carbocycles. The third-order valence-corrected chi connectivity index (χ3v) is 25.6. The van der Waals surface area contributed by atoms with Crippen molar-refractivity contribution < 1.29 is 28.6 Å². The number of carbonyl (C=O) groups is 3. The van der Waals surface area contributed by atoms with Crippen LogP contribution in [0.5, 0.6) is 0 Å². The molecule has 14 nitrogen and oxygen atoms in total. The minimum Gasteiger partial charge on any atom is -0.381 e. The summed E-state index contributed by atoms with van der Waals surface area (Å²) in [6.07, 6.45) is 31.3. The van der Waals surface area contributed by atoms with Crippen molar-refractivity contribution in [1.82, 2.24) is 20.4 Å². The van der Waals surface area contributed by atoms with Crippen molar-refractivity contribution in [3.63, 3.8) is 0 Å². The van der Waals surface area contributed by atoms with E-state index in [-0.39, 0.29) is 59.7 Å². The molecule has 0 aromatic heterocycles. The van der Waals surface area contributed by atoms with Gasteiger partial charge in [-0.1, -0.05) is 142 Å². The minimum atomic E-state index is -0.907. The summed E-state index contributed by atoms with van der Waals surface area (Å²) in [4.78, 5) is 56.2. The zero-order valence-corrected chi connectivity index (χ0v) is 64.3. The number of hydrogen-bond acceptors (Lipinski definition) is 12. The normalized spacial score (nSPS) is 29.5. The van der Waals surface area contributed by atoms with Crippen molar-refractivity contribution >= 4 is 73.9 Å². The van der Waals surface area contributed by atoms with Crippen molar-refractivity contribution in [2.45, 2.75) is 256 Å². The first-order valence-electron chi connectivity index (χ1n) is 38.1. The predicted octanol–water partition coefficient (Wildman–Crippen LogP) is 15.2. The summed E-state index contributed by atoms with van der Waals surface area (Å²) in [6.45, 7) is 10.1. The van der Waals surface area contributed by atoms with Crippen LogP contribution in [0.3, 0.4) is 0 Å². The van der Waals surface area contributed by atoms with Crippen LogP contribution in [0.4, 0.5) is 0 Å². The van der Waals surface area contributed by atoms with Gasteiger partial charge in [0, 0.05) is 96.2 Å². The van der Waals surface area contributed by atoms with Gasteiger partial charge in [-0.05, 0) is 250 Å². The SMILES string of the molecule is C.CCCCBr.CCCCN1C(=O)C2(N=C1N)c1cc(C#CC3CC3)ccc1CC21CCC(OC)CC1.CCCCSC1=NC2(C(=O)N1CCCC)c1cc(C#CC3CC3)ccc1CC21CCC(OC)CC1.CN.COC1CCC2(CC1)Cc1ccc(C#CC3CC3)cc1C21NC(=S)NC1=O. The van der Waals surface area contributed by atoms with Crippen LogP contribution in [-0.2, 0) is 64.5 Å². The number of nitrogens with one attached hydrogen (secondary N) is 2. The number of amidine groups is 1. The minimum absolute atomic E-state index is 0. The van der Waals surface area contributed by atoms with Gasteiger partial charge in [0.05, 0.1) is 18.3 Å². The molecule has 7 fully saturated rings. The van der Waals surface area contributed by atoms with E-state index < -0.39 is 16.6 Å². The number of thioether (sulfide) groups is 1. The van der Waals surface area contributed by atoms with Gasteiger partial charge in [-0.25, -0.2) is 9.98 Å². The number of hydrogen-bond donors (Lipinski definition) is 4. The van der Waals surface area contributed by atoms with Crippen LogP contribution < -0.4 is 22.1 Å². The lowest BCUT2D eigenvalue weighted by Gasteiger charge is -2.46. The Kier molecular flexibility index (Phi) is 26.4. The highest BCUT2D eigenvalue weighted by Gasteiger charge is 2.69. The highest BCUT2D eigenvalue weighted by atomic mass is 79.9. The number of unbranched alkanes of at least 4 members (excludes halogenated alkanes) is 4. The molecule has 15 rings (SSSR count). The molecule has 17 heteroatoms. The smallest absolute Gasteiger partial charge is 0.262 e. The molecule has 9 aliphatic carbocycles. The third kappa shape index (κ3) is 15.6. The number of halogens is 1. The largest absolute Gasteiger partial charge is 0.381 e. The molecule has 3 heterocycles. The fourth-order valence-corrected chi connectivity index (χ4v) is 19.5. The van der Waals surface area contributed by atoms with E-state index in [1.807, 2.05) is 12.0 Å². The van der Waals surface area contributed by atoms with E-state index in [0.717, 1.165) is 191 Å². The third-order valence-electron chi connectivity index (χ3n) is 23.8. The van der Waals surface area contributed by atoms with Crippen LogP contribution >= 0.6 is 39.9 Å². The van der Waals surface area contributed by atoms with Gasteiger partial charge >= 0.3 is 0 Å². The molecule has 1 saturated heterocycles. The molecular formula is C84H115BrN8O6S2. The number of benzene rings is 3. The van der Waals surface area contributed by atoms with E-state index in [1.165, 1.54) is 75.1 Å². The van der Waals surface area contributed by atoms with Crippen LogP contribution in [0.1, 0.15) is 252 Å². The van der Waals surface area contributed by atoms with Gasteiger partial charge in [0.25, 0.3) is 17.7 Å². The Hall–Kier alpha value is -5.55. The van der Waals surface area contributed by atoms with Gasteiger partial charge in [-0.3, -0.25) is 24.2 Å². The zero-order valence-electron chi connectivity index (χ0n) is 61.1. The lowest BCUT2D eigenvalue weighted by molar-refractivity contribution is -0.139. The molecule has 3 unspecified atom stereocenters. The fourth-order valence-electron chi connectivity index (χ4n) is 17.6. The van der Waals surface area contributed by atoms with E-state index in [1.54, 1.807) is 30.9 Å². The number of amides is 3. The highest BCUT2D eigenvalue weighted by molar-refractivity contribution is 9.09. The molecular weight excluding hydrogens is 1360 g/mol. The van der Waals surface area contributed by atoms with Crippen LogP contribution in [-0.4, -0.2) is 115 Å². The number of thiocarbonyl (C=S) groups is 1. The predicted molar refractivity (Wildman–Crippen MR) is 418 cm³/mol. The number of nitrogens with two attached hydrogens (primary N) is 2. The number of guanidine groups is 1. The molecule has 0 radical (unpaired) electrons. The summed E-state index contributed by atoms with van der Waals surface area (Å²) in [6, 6.07) is 19.5. The first-order chi connectivity index (χ1) is 48.6. The summed E-state index contributed by atoms with van der Waals surface area (Å²) in [5, 5.41) is 8.84. The number of alkyl halides is 1. The monoisotopic (exact) mass is 1470 g/mol. The van der Waals surface area contributed by atoms with Gasteiger partial charge in [-0.15, -0.1) is 0 Å². The van der Waals surface area contributed by atoms with Crippen molar-refractivity contribution in [2.24, 2.45) is 55.5 Å². The number of methoxy groups -OCH3 is 3. The van der Waals surface area contributed by atoms with Crippen LogP contribution in [0.15, 0.2) is 64.6 Å². The Bertz CT molecular complexity index is 3730. The van der Waals surface area contributed by atoms with E-state index in [9.17, 15) is 14.4 Å². The lowest BCUT2D eigenvalue weighted by Crippen LogP contribution is -2.56. The molecule has 546 valence electrons. The number of fused-ring (bicyclic) bond motifs is 9. The molecule has 3 aliphatic heterocycles. The highest BCUT2D eigenvalue weighted by Crippen LogP contribution is 2.65. The first kappa shape index (κ1) is 78.0. The van der Waals surface area contributed by atoms with Crippen molar-refractivity contribution in [1.29, 1.82) is 0 Å². The van der Waals surface area contributed by atoms with Crippen molar-refractivity contribution in [2.75, 3.05) is 52.5 Å². The van der Waals surface area contributed by atoms with E-state index in [2.05, 4.69) is 150 Å². The molecule has 3 aromatic carbocycles. The second-order valence-electron chi connectivity index (χ2n) is 30.2. The number of aliphatic imine (C=N–C) groups is 2. The van der Waals surface area contributed by atoms with Gasteiger partial charge in [0.15, 0.2) is 32.9 Å². The van der Waals surface area contributed by atoms with E-state index >= 15 is 0 Å². The van der Waals surface area contributed by atoms with E-state index in [0.29, 0.717) is 35.4 Å². The molecule has 6 N–H and O–H groups in total. The molecule has 3 amide bonds. The maximum atomic E-state index is 14.6. The van der Waals surface area contributed by atoms with Crippen LogP contribution in [0.25, 0.3) is 0 Å². The molecule has 3 atom stereocenters. The van der Waals surface area contributed by atoms with Crippen LogP contribution in [0, 0.1) is 69.5 Å². The lowest BCUT2D eigenvalue weighted by atomic mass is 9.61. The number of ether oxygens (including phenoxy) is 3. The second-order valence-corrected chi connectivity index (χ2v) is 32.5. The Balaban J connectivity index is 0.000000156. The van der Waals surface area contributed by atoms with Gasteiger partial charge in [0.2, 0.25) is 0 Å². The Morgan fingerprint density at radius 2 is 0.941 bits per heavy atom.